The highest BCUT2D eigenvalue weighted by Gasteiger charge is 2.09. The Balaban J connectivity index is 1.79. The van der Waals surface area contributed by atoms with Gasteiger partial charge in [0.25, 0.3) is 0 Å². The van der Waals surface area contributed by atoms with E-state index in [0.29, 0.717) is 5.69 Å². The molecule has 0 saturated carbocycles. The molecular formula is C17H17FN2O2. The standard InChI is InChI=1S/C17H17FN2O2/c1-12-3-2-4-15(9-12)20-17(22)10-16(21)19-11-13-5-7-14(18)8-6-13/h2-9H,10-11H2,1H3,(H,19,21)(H,20,22). The molecule has 0 saturated heterocycles. The summed E-state index contributed by atoms with van der Waals surface area (Å²) in [4.78, 5) is 23.5. The average molecular weight is 300 g/mol. The molecule has 4 nitrogen and oxygen atoms in total. The molecule has 0 aliphatic carbocycles. The van der Waals surface area contributed by atoms with Crippen LogP contribution in [0.4, 0.5) is 10.1 Å². The Labute approximate surface area is 128 Å². The first-order valence-electron chi connectivity index (χ1n) is 6.90. The first-order valence-corrected chi connectivity index (χ1v) is 6.90. The van der Waals surface area contributed by atoms with Crippen LogP contribution in [0.1, 0.15) is 17.5 Å². The Morgan fingerprint density at radius 1 is 1.05 bits per heavy atom. The van der Waals surface area contributed by atoms with Gasteiger partial charge in [-0.25, -0.2) is 4.39 Å². The van der Waals surface area contributed by atoms with E-state index in [9.17, 15) is 14.0 Å². The molecule has 0 aromatic heterocycles. The second-order valence-corrected chi connectivity index (χ2v) is 5.00. The van der Waals surface area contributed by atoms with Crippen LogP contribution in [-0.2, 0) is 16.1 Å². The first-order chi connectivity index (χ1) is 10.5. The summed E-state index contributed by atoms with van der Waals surface area (Å²) in [6, 6.07) is 13.2. The van der Waals surface area contributed by atoms with Crippen LogP contribution in [0.3, 0.4) is 0 Å². The van der Waals surface area contributed by atoms with E-state index >= 15 is 0 Å². The van der Waals surface area contributed by atoms with Gasteiger partial charge in [-0.2, -0.15) is 0 Å². The highest BCUT2D eigenvalue weighted by molar-refractivity contribution is 6.03. The molecule has 2 aromatic carbocycles. The molecule has 5 heteroatoms. The zero-order valence-electron chi connectivity index (χ0n) is 12.2. The number of amides is 2. The van der Waals surface area contributed by atoms with Crippen LogP contribution < -0.4 is 10.6 Å². The molecule has 0 spiro atoms. The molecule has 2 N–H and O–H groups in total. The molecule has 2 aromatic rings. The first kappa shape index (κ1) is 15.7. The number of halogens is 1. The summed E-state index contributed by atoms with van der Waals surface area (Å²) < 4.78 is 12.8. The van der Waals surface area contributed by atoms with E-state index in [1.54, 1.807) is 18.2 Å². The van der Waals surface area contributed by atoms with Crippen LogP contribution in [0.25, 0.3) is 0 Å². The molecule has 2 amide bonds. The van der Waals surface area contributed by atoms with Crippen LogP contribution in [-0.4, -0.2) is 11.8 Å². The van der Waals surface area contributed by atoms with Crippen molar-refractivity contribution in [2.45, 2.75) is 19.9 Å². The number of aryl methyl sites for hydroxylation is 1. The topological polar surface area (TPSA) is 58.2 Å². The molecule has 0 atom stereocenters. The van der Waals surface area contributed by atoms with Crippen LogP contribution in [0.2, 0.25) is 0 Å². The predicted molar refractivity (Wildman–Crippen MR) is 82.7 cm³/mol. The van der Waals surface area contributed by atoms with E-state index in [1.165, 1.54) is 12.1 Å². The Hall–Kier alpha value is -2.69. The molecule has 0 aliphatic heterocycles. The van der Waals surface area contributed by atoms with Gasteiger partial charge in [0.05, 0.1) is 0 Å². The maximum absolute atomic E-state index is 12.8. The van der Waals surface area contributed by atoms with Gasteiger partial charge in [0.15, 0.2) is 0 Å². The number of rotatable bonds is 5. The molecule has 0 radical (unpaired) electrons. The van der Waals surface area contributed by atoms with E-state index in [4.69, 9.17) is 0 Å². The summed E-state index contributed by atoms with van der Waals surface area (Å²) in [7, 11) is 0. The molecule has 0 heterocycles. The second-order valence-electron chi connectivity index (χ2n) is 5.00. The van der Waals surface area contributed by atoms with Gasteiger partial charge in [0.2, 0.25) is 11.8 Å². The van der Waals surface area contributed by atoms with Crippen molar-refractivity contribution in [2.75, 3.05) is 5.32 Å². The molecule has 2 rings (SSSR count). The Bertz CT molecular complexity index is 669. The maximum atomic E-state index is 12.8. The summed E-state index contributed by atoms with van der Waals surface area (Å²) in [6.07, 6.45) is -0.255. The minimum absolute atomic E-state index is 0.255. The van der Waals surface area contributed by atoms with Crippen molar-refractivity contribution in [1.29, 1.82) is 0 Å². The third-order valence-electron chi connectivity index (χ3n) is 3.03. The molecular weight excluding hydrogens is 283 g/mol. The van der Waals surface area contributed by atoms with Gasteiger partial charge in [0, 0.05) is 12.2 Å². The van der Waals surface area contributed by atoms with E-state index in [2.05, 4.69) is 10.6 Å². The summed E-state index contributed by atoms with van der Waals surface area (Å²) in [5, 5.41) is 5.29. The highest BCUT2D eigenvalue weighted by Crippen LogP contribution is 2.09. The summed E-state index contributed by atoms with van der Waals surface area (Å²) >= 11 is 0. The maximum Gasteiger partial charge on any atom is 0.233 e. The van der Waals surface area contributed by atoms with Crippen LogP contribution >= 0.6 is 0 Å². The fraction of sp³-hybridized carbons (Fsp3) is 0.176. The summed E-state index contributed by atoms with van der Waals surface area (Å²) in [6.45, 7) is 2.18. The Morgan fingerprint density at radius 3 is 2.45 bits per heavy atom. The number of nitrogens with one attached hydrogen (secondary N) is 2. The lowest BCUT2D eigenvalue weighted by molar-refractivity contribution is -0.126. The van der Waals surface area contributed by atoms with Gasteiger partial charge < -0.3 is 10.6 Å². The van der Waals surface area contributed by atoms with E-state index in [-0.39, 0.29) is 30.6 Å². The fourth-order valence-electron chi connectivity index (χ4n) is 1.94. The quantitative estimate of drug-likeness (QED) is 0.834. The summed E-state index contributed by atoms with van der Waals surface area (Å²) in [5.41, 5.74) is 2.46. The minimum Gasteiger partial charge on any atom is -0.352 e. The molecule has 114 valence electrons. The van der Waals surface area contributed by atoms with Gasteiger partial charge in [-0.3, -0.25) is 9.59 Å². The van der Waals surface area contributed by atoms with E-state index in [0.717, 1.165) is 11.1 Å². The van der Waals surface area contributed by atoms with Crippen molar-refractivity contribution < 1.29 is 14.0 Å². The van der Waals surface area contributed by atoms with Crippen molar-refractivity contribution in [3.63, 3.8) is 0 Å². The van der Waals surface area contributed by atoms with Gasteiger partial charge in [0.1, 0.15) is 12.2 Å². The van der Waals surface area contributed by atoms with Crippen molar-refractivity contribution >= 4 is 17.5 Å². The predicted octanol–water partition coefficient (Wildman–Crippen LogP) is 2.78. The van der Waals surface area contributed by atoms with Crippen LogP contribution in [0.5, 0.6) is 0 Å². The molecule has 0 bridgehead atoms. The van der Waals surface area contributed by atoms with Crippen molar-refractivity contribution in [1.82, 2.24) is 5.32 Å². The summed E-state index contributed by atoms with van der Waals surface area (Å²) in [5.74, 6) is -1.08. The van der Waals surface area contributed by atoms with Crippen molar-refractivity contribution in [2.24, 2.45) is 0 Å². The zero-order chi connectivity index (χ0) is 15.9. The number of carbonyl (C=O) groups excluding carboxylic acids is 2. The number of benzene rings is 2. The van der Waals surface area contributed by atoms with Crippen LogP contribution in [0.15, 0.2) is 48.5 Å². The SMILES string of the molecule is Cc1cccc(NC(=O)CC(=O)NCc2ccc(F)cc2)c1. The molecule has 0 unspecified atom stereocenters. The van der Waals surface area contributed by atoms with Crippen molar-refractivity contribution in [3.8, 4) is 0 Å². The lowest BCUT2D eigenvalue weighted by atomic mass is 10.2. The second kappa shape index (κ2) is 7.36. The highest BCUT2D eigenvalue weighted by atomic mass is 19.1. The number of anilines is 1. The lowest BCUT2D eigenvalue weighted by Crippen LogP contribution is -2.27. The third-order valence-corrected chi connectivity index (χ3v) is 3.03. The largest absolute Gasteiger partial charge is 0.352 e. The smallest absolute Gasteiger partial charge is 0.233 e. The normalized spacial score (nSPS) is 10.1. The molecule has 0 fully saturated rings. The minimum atomic E-state index is -0.380. The molecule has 22 heavy (non-hydrogen) atoms. The zero-order valence-corrected chi connectivity index (χ0v) is 12.2. The van der Waals surface area contributed by atoms with Gasteiger partial charge in [-0.1, -0.05) is 24.3 Å². The fourth-order valence-corrected chi connectivity index (χ4v) is 1.94. The van der Waals surface area contributed by atoms with Crippen molar-refractivity contribution in [3.05, 3.63) is 65.5 Å². The van der Waals surface area contributed by atoms with Gasteiger partial charge in [-0.05, 0) is 42.3 Å². The lowest BCUT2D eigenvalue weighted by Gasteiger charge is -2.07. The van der Waals surface area contributed by atoms with Gasteiger partial charge in [-0.15, -0.1) is 0 Å². The number of carbonyl (C=O) groups is 2. The van der Waals surface area contributed by atoms with Crippen LogP contribution in [0, 0.1) is 12.7 Å². The van der Waals surface area contributed by atoms with E-state index < -0.39 is 0 Å². The Kier molecular flexibility index (Phi) is 5.25. The number of hydrogen-bond donors (Lipinski definition) is 2. The van der Waals surface area contributed by atoms with Gasteiger partial charge >= 0.3 is 0 Å². The Morgan fingerprint density at radius 2 is 1.77 bits per heavy atom. The molecule has 0 aliphatic rings. The third kappa shape index (κ3) is 5.01. The monoisotopic (exact) mass is 300 g/mol. The average Bonchev–Trinajstić information content (AvgIpc) is 2.46. The number of hydrogen-bond acceptors (Lipinski definition) is 2. The van der Waals surface area contributed by atoms with E-state index in [1.807, 2.05) is 25.1 Å².